The van der Waals surface area contributed by atoms with Crippen molar-refractivity contribution in [2.24, 2.45) is 11.8 Å². The van der Waals surface area contributed by atoms with Gasteiger partial charge in [-0.1, -0.05) is 42.5 Å². The van der Waals surface area contributed by atoms with Gasteiger partial charge in [0, 0.05) is 39.7 Å². The molecule has 11 heteroatoms. The Labute approximate surface area is 220 Å². The van der Waals surface area contributed by atoms with Crippen LogP contribution in [0.5, 0.6) is 0 Å². The third kappa shape index (κ3) is 4.65. The fourth-order valence-electron chi connectivity index (χ4n) is 5.01. The molecule has 0 radical (unpaired) electrons. The van der Waals surface area contributed by atoms with Crippen LogP contribution in [0.25, 0.3) is 10.6 Å². The summed E-state index contributed by atoms with van der Waals surface area (Å²) in [6.45, 7) is 1.54. The van der Waals surface area contributed by atoms with Crippen molar-refractivity contribution in [1.82, 2.24) is 9.88 Å². The van der Waals surface area contributed by atoms with Crippen molar-refractivity contribution in [1.29, 1.82) is 0 Å². The zero-order chi connectivity index (χ0) is 26.3. The average Bonchev–Trinajstić information content (AvgIpc) is 3.45. The van der Waals surface area contributed by atoms with E-state index in [0.717, 1.165) is 21.8 Å². The molecule has 1 amide bonds. The lowest BCUT2D eigenvalue weighted by atomic mass is 9.76. The first kappa shape index (κ1) is 25.1. The number of carboxylic acid groups (broad SMARTS) is 1. The summed E-state index contributed by atoms with van der Waals surface area (Å²) in [5.74, 6) is -2.26. The van der Waals surface area contributed by atoms with Crippen molar-refractivity contribution in [3.8, 4) is 10.6 Å². The first-order valence-corrected chi connectivity index (χ1v) is 13.5. The number of aliphatic hydroxyl groups excluding tert-OH is 1. The van der Waals surface area contributed by atoms with Gasteiger partial charge >= 0.3 is 5.97 Å². The summed E-state index contributed by atoms with van der Waals surface area (Å²) in [5, 5.41) is 34.2. The molecular formula is C26H23N3O6S2. The Morgan fingerprint density at radius 3 is 2.54 bits per heavy atom. The molecule has 5 rings (SSSR count). The number of aliphatic carboxylic acids is 1. The number of fused-ring (bicyclic) bond motifs is 1. The predicted octanol–water partition coefficient (Wildman–Crippen LogP) is 4.33. The molecule has 2 aliphatic rings. The fraction of sp³-hybridized carbons (Fsp3) is 0.269. The molecule has 2 aromatic carbocycles. The van der Waals surface area contributed by atoms with Crippen LogP contribution in [0.15, 0.2) is 70.6 Å². The maximum atomic E-state index is 12.9. The summed E-state index contributed by atoms with van der Waals surface area (Å²) in [7, 11) is 0. The average molecular weight is 538 g/mol. The zero-order valence-corrected chi connectivity index (χ0v) is 21.3. The van der Waals surface area contributed by atoms with E-state index >= 15 is 0 Å². The molecule has 3 aromatic rings. The zero-order valence-electron chi connectivity index (χ0n) is 19.7. The number of nitrogens with zero attached hydrogens (tertiary/aromatic N) is 3. The lowest BCUT2D eigenvalue weighted by Crippen LogP contribution is -2.64. The van der Waals surface area contributed by atoms with Crippen LogP contribution in [-0.4, -0.2) is 49.0 Å². The van der Waals surface area contributed by atoms with Crippen molar-refractivity contribution in [3.05, 3.63) is 92.0 Å². The van der Waals surface area contributed by atoms with E-state index in [1.165, 1.54) is 47.1 Å². The number of thiazole rings is 1. The number of benzene rings is 2. The first-order valence-electron chi connectivity index (χ1n) is 11.6. The smallest absolute Gasteiger partial charge is 0.353 e. The molecular weight excluding hydrogens is 514 g/mol. The summed E-state index contributed by atoms with van der Waals surface area (Å²) in [4.78, 5) is 42.3. The Morgan fingerprint density at radius 1 is 1.22 bits per heavy atom. The van der Waals surface area contributed by atoms with Crippen LogP contribution in [-0.2, 0) is 21.8 Å². The molecule has 2 N–H and O–H groups in total. The monoisotopic (exact) mass is 537 g/mol. The van der Waals surface area contributed by atoms with Crippen LogP contribution in [0, 0.1) is 22.0 Å². The molecule has 4 atom stereocenters. The summed E-state index contributed by atoms with van der Waals surface area (Å²) >= 11 is 2.85. The molecule has 2 aliphatic heterocycles. The van der Waals surface area contributed by atoms with Gasteiger partial charge in [0.1, 0.15) is 10.7 Å². The van der Waals surface area contributed by atoms with Crippen molar-refractivity contribution in [2.45, 2.75) is 31.2 Å². The minimum Gasteiger partial charge on any atom is -0.477 e. The lowest BCUT2D eigenvalue weighted by Gasteiger charge is -2.47. The minimum absolute atomic E-state index is 0.0356. The Balaban J connectivity index is 1.44. The molecule has 1 fully saturated rings. The number of hydrogen-bond acceptors (Lipinski definition) is 8. The number of amides is 1. The van der Waals surface area contributed by atoms with Gasteiger partial charge in [-0.2, -0.15) is 0 Å². The maximum absolute atomic E-state index is 12.9. The van der Waals surface area contributed by atoms with Crippen LogP contribution >= 0.6 is 23.1 Å². The molecule has 0 saturated carbocycles. The minimum atomic E-state index is -1.20. The van der Waals surface area contributed by atoms with E-state index in [-0.39, 0.29) is 17.3 Å². The molecule has 1 aromatic heterocycles. The van der Waals surface area contributed by atoms with Gasteiger partial charge in [-0.25, -0.2) is 9.78 Å². The van der Waals surface area contributed by atoms with E-state index in [4.69, 9.17) is 4.98 Å². The number of carbonyl (C=O) groups excluding carboxylic acids is 1. The Kier molecular flexibility index (Phi) is 6.84. The van der Waals surface area contributed by atoms with Gasteiger partial charge in [-0.3, -0.25) is 14.9 Å². The van der Waals surface area contributed by atoms with Gasteiger partial charge in [0.15, 0.2) is 0 Å². The molecule has 1 saturated heterocycles. The SMILES string of the molecule is C[C@H](O)[C@@H]1C(=O)N2C(C(=O)O)=C(SCc3csc(-c4ccccc4)n3)C(Cc3ccc([N+](=O)[O-])cc3)[C@@H]12. The number of aliphatic hydroxyl groups is 1. The number of carbonyl (C=O) groups is 2. The van der Waals surface area contributed by atoms with Gasteiger partial charge in [0.05, 0.1) is 28.7 Å². The summed E-state index contributed by atoms with van der Waals surface area (Å²) < 4.78 is 0. The molecule has 0 bridgehead atoms. The molecule has 37 heavy (non-hydrogen) atoms. The molecule has 1 unspecified atom stereocenters. The normalized spacial score (nSPS) is 21.5. The Hall–Kier alpha value is -3.54. The summed E-state index contributed by atoms with van der Waals surface area (Å²) in [6.07, 6.45) is -0.555. The molecule has 9 nitrogen and oxygen atoms in total. The number of β-lactam (4-membered cyclic amide) rings is 1. The number of aromatic nitrogens is 1. The van der Waals surface area contributed by atoms with Crippen LogP contribution in [0.1, 0.15) is 18.2 Å². The van der Waals surface area contributed by atoms with E-state index in [0.29, 0.717) is 17.1 Å². The van der Waals surface area contributed by atoms with Crippen LogP contribution in [0.2, 0.25) is 0 Å². The second-order valence-electron chi connectivity index (χ2n) is 9.02. The highest BCUT2D eigenvalue weighted by molar-refractivity contribution is 8.02. The van der Waals surface area contributed by atoms with E-state index in [2.05, 4.69) is 0 Å². The lowest BCUT2D eigenvalue weighted by molar-refractivity contribution is -0.384. The van der Waals surface area contributed by atoms with E-state index in [9.17, 15) is 29.9 Å². The van der Waals surface area contributed by atoms with Gasteiger partial charge in [-0.15, -0.1) is 23.1 Å². The standard InChI is InChI=1S/C26H23N3O6S2/c1-14(30)20-21-19(11-15-7-9-18(10-8-15)29(34)35)23(22(26(32)33)28(21)25(20)31)36-12-17-13-37-24(27-17)16-5-3-2-4-6-16/h2-10,13-14,19-21,30H,11-12H2,1H3,(H,32,33)/t14-,19?,20-,21-/m0/s1. The van der Waals surface area contributed by atoms with E-state index in [1.54, 1.807) is 12.1 Å². The number of nitro groups is 1. The first-order chi connectivity index (χ1) is 17.8. The highest BCUT2D eigenvalue weighted by atomic mass is 32.2. The topological polar surface area (TPSA) is 134 Å². The molecule has 3 heterocycles. The Bertz CT molecular complexity index is 1390. The summed E-state index contributed by atoms with van der Waals surface area (Å²) in [6, 6.07) is 15.4. The van der Waals surface area contributed by atoms with E-state index in [1.807, 2.05) is 35.7 Å². The van der Waals surface area contributed by atoms with Crippen LogP contribution in [0.4, 0.5) is 5.69 Å². The summed E-state index contributed by atoms with van der Waals surface area (Å²) in [5.41, 5.74) is 2.49. The highest BCUT2D eigenvalue weighted by Gasteiger charge is 2.61. The van der Waals surface area contributed by atoms with Crippen molar-refractivity contribution in [2.75, 3.05) is 0 Å². The number of nitro benzene ring substituents is 1. The second-order valence-corrected chi connectivity index (χ2v) is 10.9. The van der Waals surface area contributed by atoms with Gasteiger partial charge < -0.3 is 15.1 Å². The van der Waals surface area contributed by atoms with Crippen LogP contribution < -0.4 is 0 Å². The molecule has 190 valence electrons. The van der Waals surface area contributed by atoms with E-state index < -0.39 is 34.9 Å². The third-order valence-electron chi connectivity index (χ3n) is 6.69. The highest BCUT2D eigenvalue weighted by Crippen LogP contribution is 2.52. The Morgan fingerprint density at radius 2 is 1.92 bits per heavy atom. The number of carboxylic acids is 1. The number of thioether (sulfide) groups is 1. The number of rotatable bonds is 9. The molecule has 0 aliphatic carbocycles. The second kappa shape index (κ2) is 10.1. The maximum Gasteiger partial charge on any atom is 0.353 e. The molecule has 0 spiro atoms. The van der Waals surface area contributed by atoms with Gasteiger partial charge in [0.2, 0.25) is 5.91 Å². The number of non-ortho nitro benzene ring substituents is 1. The van der Waals surface area contributed by atoms with Crippen LogP contribution in [0.3, 0.4) is 0 Å². The van der Waals surface area contributed by atoms with Gasteiger partial charge in [0.25, 0.3) is 5.69 Å². The van der Waals surface area contributed by atoms with Crippen molar-refractivity contribution < 1.29 is 24.7 Å². The largest absolute Gasteiger partial charge is 0.477 e. The van der Waals surface area contributed by atoms with Crippen molar-refractivity contribution in [3.63, 3.8) is 0 Å². The quantitative estimate of drug-likeness (QED) is 0.234. The third-order valence-corrected chi connectivity index (χ3v) is 8.87. The number of hydrogen-bond donors (Lipinski definition) is 2. The fourth-order valence-corrected chi connectivity index (χ4v) is 7.15. The predicted molar refractivity (Wildman–Crippen MR) is 140 cm³/mol. The van der Waals surface area contributed by atoms with Gasteiger partial charge in [-0.05, 0) is 18.9 Å². The van der Waals surface area contributed by atoms with Crippen molar-refractivity contribution >= 4 is 40.7 Å².